The van der Waals surface area contributed by atoms with E-state index in [2.05, 4.69) is 15.5 Å². The van der Waals surface area contributed by atoms with Gasteiger partial charge in [-0.2, -0.15) is 0 Å². The largest absolute Gasteiger partial charge is 0.399 e. The van der Waals surface area contributed by atoms with Crippen molar-refractivity contribution in [2.45, 2.75) is 38.6 Å². The third-order valence-corrected chi connectivity index (χ3v) is 4.00. The molecular weight excluding hydrogens is 252 g/mol. The predicted octanol–water partition coefficient (Wildman–Crippen LogP) is 2.08. The summed E-state index contributed by atoms with van der Waals surface area (Å²) >= 11 is 0. The molecule has 0 saturated heterocycles. The molecular formula is C14H20N6. The Morgan fingerprint density at radius 2 is 1.95 bits per heavy atom. The number of rotatable bonds is 3. The van der Waals surface area contributed by atoms with Crippen molar-refractivity contribution in [3.63, 3.8) is 0 Å². The second-order valence-electron chi connectivity index (χ2n) is 5.54. The standard InChI is InChI=1S/C14H20N6/c15-11-6-7-12(13(16)8-11)14-17-18-19-20(14)9-10-4-2-1-3-5-10/h6-8,10H,1-5,9,15-16H2. The van der Waals surface area contributed by atoms with Gasteiger partial charge >= 0.3 is 0 Å². The van der Waals surface area contributed by atoms with Gasteiger partial charge in [0.2, 0.25) is 0 Å². The minimum atomic E-state index is 0.615. The van der Waals surface area contributed by atoms with E-state index in [1.807, 2.05) is 16.8 Å². The highest BCUT2D eigenvalue weighted by molar-refractivity contribution is 5.74. The molecule has 1 aliphatic rings. The minimum absolute atomic E-state index is 0.615. The monoisotopic (exact) mass is 272 g/mol. The molecule has 1 aromatic carbocycles. The molecule has 20 heavy (non-hydrogen) atoms. The van der Waals surface area contributed by atoms with E-state index in [1.54, 1.807) is 6.07 Å². The fourth-order valence-electron chi connectivity index (χ4n) is 2.92. The van der Waals surface area contributed by atoms with E-state index in [1.165, 1.54) is 32.1 Å². The van der Waals surface area contributed by atoms with Gasteiger partial charge in [-0.3, -0.25) is 0 Å². The number of benzene rings is 1. The van der Waals surface area contributed by atoms with Gasteiger partial charge in [-0.15, -0.1) is 5.10 Å². The number of nitrogens with two attached hydrogens (primary N) is 2. The van der Waals surface area contributed by atoms with Crippen LogP contribution >= 0.6 is 0 Å². The quantitative estimate of drug-likeness (QED) is 0.834. The molecule has 0 unspecified atom stereocenters. The zero-order chi connectivity index (χ0) is 13.9. The minimum Gasteiger partial charge on any atom is -0.399 e. The second kappa shape index (κ2) is 5.48. The smallest absolute Gasteiger partial charge is 0.184 e. The zero-order valence-electron chi connectivity index (χ0n) is 11.5. The van der Waals surface area contributed by atoms with Crippen LogP contribution in [0.15, 0.2) is 18.2 Å². The maximum atomic E-state index is 6.03. The second-order valence-corrected chi connectivity index (χ2v) is 5.54. The molecule has 1 aromatic heterocycles. The first-order valence-electron chi connectivity index (χ1n) is 7.15. The van der Waals surface area contributed by atoms with Crippen molar-refractivity contribution in [2.75, 3.05) is 11.5 Å². The number of tetrazole rings is 1. The highest BCUT2D eigenvalue weighted by Crippen LogP contribution is 2.28. The third kappa shape index (κ3) is 2.59. The lowest BCUT2D eigenvalue weighted by molar-refractivity contribution is 0.307. The van der Waals surface area contributed by atoms with E-state index >= 15 is 0 Å². The van der Waals surface area contributed by atoms with E-state index in [0.717, 1.165) is 17.9 Å². The van der Waals surface area contributed by atoms with Crippen LogP contribution < -0.4 is 11.5 Å². The van der Waals surface area contributed by atoms with Gasteiger partial charge in [0.05, 0.1) is 0 Å². The van der Waals surface area contributed by atoms with Gasteiger partial charge in [-0.1, -0.05) is 19.3 Å². The normalized spacial score (nSPS) is 16.4. The molecule has 0 aliphatic heterocycles. The molecule has 4 N–H and O–H groups in total. The number of aromatic nitrogens is 4. The molecule has 1 fully saturated rings. The number of hydrogen-bond acceptors (Lipinski definition) is 5. The van der Waals surface area contributed by atoms with Crippen molar-refractivity contribution in [1.82, 2.24) is 20.2 Å². The van der Waals surface area contributed by atoms with Gasteiger partial charge in [0.25, 0.3) is 0 Å². The Bertz CT molecular complexity index is 585. The Morgan fingerprint density at radius 1 is 1.15 bits per heavy atom. The van der Waals surface area contributed by atoms with Gasteiger partial charge in [-0.25, -0.2) is 4.68 Å². The SMILES string of the molecule is Nc1ccc(-c2nnnn2CC2CCCCC2)c(N)c1. The van der Waals surface area contributed by atoms with E-state index in [-0.39, 0.29) is 0 Å². The van der Waals surface area contributed by atoms with Gasteiger partial charge in [0.15, 0.2) is 5.82 Å². The molecule has 0 radical (unpaired) electrons. The van der Waals surface area contributed by atoms with Crippen LogP contribution in [-0.4, -0.2) is 20.2 Å². The lowest BCUT2D eigenvalue weighted by Crippen LogP contribution is -2.16. The predicted molar refractivity (Wildman–Crippen MR) is 78.7 cm³/mol. The number of nitrogens with zero attached hydrogens (tertiary/aromatic N) is 4. The van der Waals surface area contributed by atoms with Crippen LogP contribution in [0, 0.1) is 5.92 Å². The lowest BCUT2D eigenvalue weighted by Gasteiger charge is -2.21. The van der Waals surface area contributed by atoms with E-state index in [0.29, 0.717) is 17.3 Å². The average Bonchev–Trinajstić information content (AvgIpc) is 2.88. The summed E-state index contributed by atoms with van der Waals surface area (Å²) < 4.78 is 1.87. The first-order valence-corrected chi connectivity index (χ1v) is 7.15. The molecule has 1 heterocycles. The molecule has 1 aliphatic carbocycles. The number of hydrogen-bond donors (Lipinski definition) is 2. The molecule has 1 saturated carbocycles. The summed E-state index contributed by atoms with van der Waals surface area (Å²) in [6, 6.07) is 5.45. The molecule has 3 rings (SSSR count). The average molecular weight is 272 g/mol. The maximum Gasteiger partial charge on any atom is 0.184 e. The van der Waals surface area contributed by atoms with Gasteiger partial charge in [0.1, 0.15) is 0 Å². The van der Waals surface area contributed by atoms with Gasteiger partial charge < -0.3 is 11.5 Å². The molecule has 2 aromatic rings. The summed E-state index contributed by atoms with van der Waals surface area (Å²) in [6.45, 7) is 0.867. The molecule has 0 bridgehead atoms. The molecule has 0 amide bonds. The van der Waals surface area contributed by atoms with Crippen molar-refractivity contribution < 1.29 is 0 Å². The lowest BCUT2D eigenvalue weighted by atomic mass is 9.89. The summed E-state index contributed by atoms with van der Waals surface area (Å²) in [4.78, 5) is 0. The van der Waals surface area contributed by atoms with E-state index in [9.17, 15) is 0 Å². The first kappa shape index (κ1) is 12.9. The summed E-state index contributed by atoms with van der Waals surface area (Å²) in [6.07, 6.45) is 6.50. The van der Waals surface area contributed by atoms with E-state index < -0.39 is 0 Å². The fourth-order valence-corrected chi connectivity index (χ4v) is 2.92. The molecule has 6 heteroatoms. The van der Waals surface area contributed by atoms with Crippen LogP contribution in [0.3, 0.4) is 0 Å². The van der Waals surface area contributed by atoms with Crippen LogP contribution in [0.1, 0.15) is 32.1 Å². The molecule has 106 valence electrons. The van der Waals surface area contributed by atoms with Crippen LogP contribution in [0.4, 0.5) is 11.4 Å². The van der Waals surface area contributed by atoms with Crippen LogP contribution in [0.2, 0.25) is 0 Å². The van der Waals surface area contributed by atoms with Crippen LogP contribution in [0.25, 0.3) is 11.4 Å². The first-order chi connectivity index (χ1) is 9.74. The van der Waals surface area contributed by atoms with Gasteiger partial charge in [-0.05, 0) is 47.4 Å². The molecule has 0 atom stereocenters. The Hall–Kier alpha value is -2.11. The van der Waals surface area contributed by atoms with E-state index in [4.69, 9.17) is 11.5 Å². The van der Waals surface area contributed by atoms with Crippen molar-refractivity contribution in [3.05, 3.63) is 18.2 Å². The summed E-state index contributed by atoms with van der Waals surface area (Å²) in [5.74, 6) is 1.40. The third-order valence-electron chi connectivity index (χ3n) is 4.00. The number of nitrogen functional groups attached to an aromatic ring is 2. The van der Waals surface area contributed by atoms with Crippen molar-refractivity contribution in [1.29, 1.82) is 0 Å². The van der Waals surface area contributed by atoms with Crippen molar-refractivity contribution in [2.24, 2.45) is 5.92 Å². The zero-order valence-corrected chi connectivity index (χ0v) is 11.5. The summed E-state index contributed by atoms with van der Waals surface area (Å²) in [5, 5.41) is 12.0. The fraction of sp³-hybridized carbons (Fsp3) is 0.500. The van der Waals surface area contributed by atoms with Crippen molar-refractivity contribution in [3.8, 4) is 11.4 Å². The van der Waals surface area contributed by atoms with Crippen LogP contribution in [0.5, 0.6) is 0 Å². The highest BCUT2D eigenvalue weighted by atomic mass is 15.5. The highest BCUT2D eigenvalue weighted by Gasteiger charge is 2.18. The summed E-state index contributed by atoms with van der Waals surface area (Å²) in [5.41, 5.74) is 13.9. The number of anilines is 2. The molecule has 6 nitrogen and oxygen atoms in total. The summed E-state index contributed by atoms with van der Waals surface area (Å²) in [7, 11) is 0. The van der Waals surface area contributed by atoms with Gasteiger partial charge in [0, 0.05) is 23.5 Å². The van der Waals surface area contributed by atoms with Crippen molar-refractivity contribution >= 4 is 11.4 Å². The Labute approximate surface area is 118 Å². The topological polar surface area (TPSA) is 95.6 Å². The Morgan fingerprint density at radius 3 is 2.70 bits per heavy atom. The maximum absolute atomic E-state index is 6.03. The van der Waals surface area contributed by atoms with Crippen LogP contribution in [-0.2, 0) is 6.54 Å². The Kier molecular flexibility index (Phi) is 3.54. The molecule has 0 spiro atoms. The Balaban J connectivity index is 1.85.